The van der Waals surface area contributed by atoms with Gasteiger partial charge in [0, 0.05) is 23.8 Å². The summed E-state index contributed by atoms with van der Waals surface area (Å²) in [6, 6.07) is 4.52. The van der Waals surface area contributed by atoms with Crippen LogP contribution in [-0.4, -0.2) is 29.3 Å². The van der Waals surface area contributed by atoms with Gasteiger partial charge in [-0.1, -0.05) is 18.9 Å². The van der Waals surface area contributed by atoms with Gasteiger partial charge in [0.25, 0.3) is 0 Å². The largest absolute Gasteiger partial charge is 0.443 e. The molecule has 1 saturated carbocycles. The summed E-state index contributed by atoms with van der Waals surface area (Å²) in [4.78, 5) is 19.4. The van der Waals surface area contributed by atoms with Gasteiger partial charge in [0.2, 0.25) is 0 Å². The molecule has 5 heteroatoms. The van der Waals surface area contributed by atoms with E-state index in [-0.39, 0.29) is 18.2 Å². The van der Waals surface area contributed by atoms with Crippen molar-refractivity contribution in [1.82, 2.24) is 10.3 Å². The molecule has 1 aromatic rings. The van der Waals surface area contributed by atoms with Crippen molar-refractivity contribution in [1.29, 1.82) is 0 Å². The third-order valence-corrected chi connectivity index (χ3v) is 4.76. The Kier molecular flexibility index (Phi) is 5.09. The molecule has 1 aliphatic carbocycles. The number of hydrogen-bond donors (Lipinski definition) is 1. The molecule has 3 rings (SSSR count). The maximum atomic E-state index is 13.0. The maximum Gasteiger partial charge on any atom is 0.416 e. The Labute approximate surface area is 144 Å². The van der Waals surface area contributed by atoms with E-state index in [1.54, 1.807) is 6.20 Å². The van der Waals surface area contributed by atoms with E-state index in [1.807, 2.05) is 31.7 Å². The predicted molar refractivity (Wildman–Crippen MR) is 95.2 cm³/mol. The standard InChI is InChI=1S/C19H29N3O2/c1-19(2,3)24-18(23)22(14-8-4-5-9-14)17-15(10-6-13-21-17)16-11-7-12-20-16/h6,10,13-14,16,20H,4-5,7-9,11-12H2,1-3H3/t16-/m0/s1. The molecule has 0 bridgehead atoms. The fourth-order valence-corrected chi connectivity index (χ4v) is 3.71. The average molecular weight is 331 g/mol. The molecule has 5 nitrogen and oxygen atoms in total. The lowest BCUT2D eigenvalue weighted by Crippen LogP contribution is -2.43. The number of carbonyl (C=O) groups excluding carboxylic acids is 1. The molecule has 1 amide bonds. The molecule has 0 unspecified atom stereocenters. The van der Waals surface area contributed by atoms with Crippen LogP contribution in [0.5, 0.6) is 0 Å². The predicted octanol–water partition coefficient (Wildman–Crippen LogP) is 4.19. The zero-order valence-electron chi connectivity index (χ0n) is 15.0. The van der Waals surface area contributed by atoms with Gasteiger partial charge in [-0.15, -0.1) is 0 Å². The molecule has 132 valence electrons. The summed E-state index contributed by atoms with van der Waals surface area (Å²) in [7, 11) is 0. The van der Waals surface area contributed by atoms with Crippen molar-refractivity contribution in [3.05, 3.63) is 23.9 Å². The smallest absolute Gasteiger partial charge is 0.416 e. The molecule has 2 heterocycles. The van der Waals surface area contributed by atoms with Gasteiger partial charge in [0.05, 0.1) is 0 Å². The first-order chi connectivity index (χ1) is 11.5. The number of amides is 1. The Balaban J connectivity index is 1.94. The van der Waals surface area contributed by atoms with Crippen molar-refractivity contribution in [3.63, 3.8) is 0 Å². The van der Waals surface area contributed by atoms with Crippen molar-refractivity contribution >= 4 is 11.9 Å². The number of nitrogens with one attached hydrogen (secondary N) is 1. The summed E-state index contributed by atoms with van der Waals surface area (Å²) < 4.78 is 5.71. The molecule has 2 aliphatic rings. The fourth-order valence-electron chi connectivity index (χ4n) is 3.71. The molecular formula is C19H29N3O2. The van der Waals surface area contributed by atoms with Gasteiger partial charge < -0.3 is 10.1 Å². The van der Waals surface area contributed by atoms with Crippen molar-refractivity contribution in [2.24, 2.45) is 0 Å². The number of nitrogens with zero attached hydrogens (tertiary/aromatic N) is 2. The van der Waals surface area contributed by atoms with Gasteiger partial charge in [-0.05, 0) is 59.1 Å². The van der Waals surface area contributed by atoms with Crippen LogP contribution in [-0.2, 0) is 4.74 Å². The zero-order valence-corrected chi connectivity index (χ0v) is 15.0. The van der Waals surface area contributed by atoms with Gasteiger partial charge >= 0.3 is 6.09 Å². The van der Waals surface area contributed by atoms with Crippen LogP contribution < -0.4 is 10.2 Å². The number of ether oxygens (including phenoxy) is 1. The van der Waals surface area contributed by atoms with E-state index in [4.69, 9.17) is 4.74 Å². The highest BCUT2D eigenvalue weighted by molar-refractivity contribution is 5.88. The zero-order chi connectivity index (χ0) is 17.2. The highest BCUT2D eigenvalue weighted by Crippen LogP contribution is 2.35. The molecular weight excluding hydrogens is 302 g/mol. The summed E-state index contributed by atoms with van der Waals surface area (Å²) in [6.45, 7) is 6.76. The Morgan fingerprint density at radius 2 is 2.00 bits per heavy atom. The molecule has 1 aromatic heterocycles. The summed E-state index contributed by atoms with van der Waals surface area (Å²) in [6.07, 6.45) is 8.12. The molecule has 0 radical (unpaired) electrons. The summed E-state index contributed by atoms with van der Waals surface area (Å²) >= 11 is 0. The molecule has 0 aromatic carbocycles. The van der Waals surface area contributed by atoms with E-state index in [2.05, 4.69) is 16.4 Å². The molecule has 2 fully saturated rings. The van der Waals surface area contributed by atoms with Gasteiger partial charge in [-0.2, -0.15) is 0 Å². The first-order valence-corrected chi connectivity index (χ1v) is 9.16. The first-order valence-electron chi connectivity index (χ1n) is 9.16. The van der Waals surface area contributed by atoms with Crippen LogP contribution in [0.1, 0.15) is 70.9 Å². The first kappa shape index (κ1) is 17.2. The number of carbonyl (C=O) groups is 1. The van der Waals surface area contributed by atoms with E-state index >= 15 is 0 Å². The van der Waals surface area contributed by atoms with Crippen LogP contribution in [0, 0.1) is 0 Å². The number of anilines is 1. The minimum absolute atomic E-state index is 0.190. The summed E-state index contributed by atoms with van der Waals surface area (Å²) in [5, 5.41) is 3.53. The average Bonchev–Trinajstić information content (AvgIpc) is 3.19. The molecule has 1 aliphatic heterocycles. The summed E-state index contributed by atoms with van der Waals surface area (Å²) in [5.41, 5.74) is 0.613. The lowest BCUT2D eigenvalue weighted by molar-refractivity contribution is 0.0564. The van der Waals surface area contributed by atoms with Gasteiger partial charge in [-0.25, -0.2) is 9.78 Å². The third-order valence-electron chi connectivity index (χ3n) is 4.76. The Bertz CT molecular complexity index is 570. The quantitative estimate of drug-likeness (QED) is 0.902. The van der Waals surface area contributed by atoms with Crippen molar-refractivity contribution in [2.75, 3.05) is 11.4 Å². The molecule has 0 spiro atoms. The number of hydrogen-bond acceptors (Lipinski definition) is 4. The van der Waals surface area contributed by atoms with Crippen molar-refractivity contribution < 1.29 is 9.53 Å². The van der Waals surface area contributed by atoms with E-state index < -0.39 is 5.60 Å². The van der Waals surface area contributed by atoms with Crippen molar-refractivity contribution in [2.45, 2.75) is 77.0 Å². The van der Waals surface area contributed by atoms with Crippen LogP contribution in [0.4, 0.5) is 10.6 Å². The topological polar surface area (TPSA) is 54.5 Å². The molecule has 1 N–H and O–H groups in total. The number of rotatable bonds is 3. The SMILES string of the molecule is CC(C)(C)OC(=O)N(c1ncccc1[C@@H]1CCCN1)C1CCCC1. The number of pyridine rings is 1. The maximum absolute atomic E-state index is 13.0. The van der Waals surface area contributed by atoms with Crippen molar-refractivity contribution in [3.8, 4) is 0 Å². The van der Waals surface area contributed by atoms with Gasteiger partial charge in [-0.3, -0.25) is 4.90 Å². The minimum atomic E-state index is -0.505. The lowest BCUT2D eigenvalue weighted by Gasteiger charge is -2.32. The van der Waals surface area contributed by atoms with Gasteiger partial charge in [0.1, 0.15) is 11.4 Å². The second kappa shape index (κ2) is 7.09. The second-order valence-electron chi connectivity index (χ2n) is 7.85. The highest BCUT2D eigenvalue weighted by atomic mass is 16.6. The van der Waals surface area contributed by atoms with E-state index in [0.29, 0.717) is 0 Å². The van der Waals surface area contributed by atoms with Crippen LogP contribution in [0.2, 0.25) is 0 Å². The highest BCUT2D eigenvalue weighted by Gasteiger charge is 2.35. The molecule has 24 heavy (non-hydrogen) atoms. The summed E-state index contributed by atoms with van der Waals surface area (Å²) in [5.74, 6) is 0.776. The molecule has 1 atom stereocenters. The minimum Gasteiger partial charge on any atom is -0.443 e. The van der Waals surface area contributed by atoms with E-state index in [0.717, 1.165) is 56.5 Å². The Morgan fingerprint density at radius 1 is 1.25 bits per heavy atom. The van der Waals surface area contributed by atoms with Gasteiger partial charge in [0.15, 0.2) is 0 Å². The monoisotopic (exact) mass is 331 g/mol. The normalized spacial score (nSPS) is 21.9. The van der Waals surface area contributed by atoms with Crippen LogP contribution in [0.3, 0.4) is 0 Å². The van der Waals surface area contributed by atoms with E-state index in [9.17, 15) is 4.79 Å². The number of aromatic nitrogens is 1. The fraction of sp³-hybridized carbons (Fsp3) is 0.684. The Hall–Kier alpha value is -1.62. The Morgan fingerprint density at radius 3 is 2.62 bits per heavy atom. The third kappa shape index (κ3) is 3.89. The van der Waals surface area contributed by atoms with Crippen LogP contribution in [0.25, 0.3) is 0 Å². The second-order valence-corrected chi connectivity index (χ2v) is 7.85. The lowest BCUT2D eigenvalue weighted by atomic mass is 10.0. The molecule has 1 saturated heterocycles. The van der Waals surface area contributed by atoms with Crippen LogP contribution in [0.15, 0.2) is 18.3 Å². The van der Waals surface area contributed by atoms with Crippen LogP contribution >= 0.6 is 0 Å². The van der Waals surface area contributed by atoms with E-state index in [1.165, 1.54) is 0 Å².